The number of fused-ring (bicyclic) bond motifs is 3. The van der Waals surface area contributed by atoms with Gasteiger partial charge in [-0.3, -0.25) is 19.3 Å². The van der Waals surface area contributed by atoms with Crippen molar-refractivity contribution in [1.29, 1.82) is 0 Å². The van der Waals surface area contributed by atoms with E-state index in [4.69, 9.17) is 0 Å². The minimum absolute atomic E-state index is 0.0286. The zero-order chi connectivity index (χ0) is 23.6. The van der Waals surface area contributed by atoms with Crippen molar-refractivity contribution in [3.63, 3.8) is 0 Å². The van der Waals surface area contributed by atoms with Gasteiger partial charge in [-0.25, -0.2) is 4.98 Å². The van der Waals surface area contributed by atoms with Gasteiger partial charge in [0.1, 0.15) is 11.5 Å². The third-order valence-electron chi connectivity index (χ3n) is 6.65. The van der Waals surface area contributed by atoms with E-state index in [1.165, 1.54) is 0 Å². The molecular formula is C25H31N5O3. The maximum Gasteiger partial charge on any atom is 0.257 e. The molecule has 0 aliphatic carbocycles. The maximum atomic E-state index is 13.2. The van der Waals surface area contributed by atoms with Gasteiger partial charge in [-0.2, -0.15) is 0 Å². The summed E-state index contributed by atoms with van der Waals surface area (Å²) in [4.78, 5) is 48.5. The van der Waals surface area contributed by atoms with E-state index in [0.717, 1.165) is 18.9 Å². The average molecular weight is 450 g/mol. The Morgan fingerprint density at radius 1 is 1.15 bits per heavy atom. The number of pyridine rings is 1. The van der Waals surface area contributed by atoms with E-state index in [0.29, 0.717) is 42.7 Å². The van der Waals surface area contributed by atoms with Crippen LogP contribution in [0.3, 0.4) is 0 Å². The van der Waals surface area contributed by atoms with Crippen molar-refractivity contribution in [2.75, 3.05) is 34.8 Å². The van der Waals surface area contributed by atoms with Crippen LogP contribution in [0.1, 0.15) is 56.8 Å². The Hall–Kier alpha value is -3.42. The lowest BCUT2D eigenvalue weighted by molar-refractivity contribution is -0.118. The van der Waals surface area contributed by atoms with Gasteiger partial charge in [0.25, 0.3) is 5.91 Å². The standard InChI is InChI=1S/C25H31N5O3/c1-4-28(5-2)21-13-12-18(17-26-21)27-22(31)11-8-16-29-24(33)19-9-6-7-10-20(19)30-23(32)14-15-25(29,30)3/h6-7,9-10,12-13,17H,4-5,8,11,14-16H2,1-3H3,(H,27,31). The Bertz CT molecular complexity index is 1050. The van der Waals surface area contributed by atoms with Crippen LogP contribution >= 0.6 is 0 Å². The van der Waals surface area contributed by atoms with E-state index in [2.05, 4.69) is 29.0 Å². The summed E-state index contributed by atoms with van der Waals surface area (Å²) in [5, 5.41) is 2.88. The Balaban J connectivity index is 1.39. The Labute approximate surface area is 194 Å². The third kappa shape index (κ3) is 4.17. The summed E-state index contributed by atoms with van der Waals surface area (Å²) in [5.41, 5.74) is 1.18. The molecule has 3 heterocycles. The van der Waals surface area contributed by atoms with Crippen molar-refractivity contribution in [3.05, 3.63) is 48.2 Å². The molecule has 1 aromatic carbocycles. The molecule has 1 saturated heterocycles. The van der Waals surface area contributed by atoms with Gasteiger partial charge in [0.05, 0.1) is 23.1 Å². The van der Waals surface area contributed by atoms with Gasteiger partial charge in [0.15, 0.2) is 0 Å². The van der Waals surface area contributed by atoms with Crippen LogP contribution in [-0.2, 0) is 9.59 Å². The maximum absolute atomic E-state index is 13.2. The normalized spacial score (nSPS) is 19.4. The molecule has 0 bridgehead atoms. The predicted molar refractivity (Wildman–Crippen MR) is 128 cm³/mol. The molecule has 1 atom stereocenters. The molecule has 4 rings (SSSR count). The van der Waals surface area contributed by atoms with Crippen LogP contribution in [0.5, 0.6) is 0 Å². The number of rotatable bonds is 8. The van der Waals surface area contributed by atoms with Gasteiger partial charge < -0.3 is 15.1 Å². The van der Waals surface area contributed by atoms with Crippen molar-refractivity contribution in [2.24, 2.45) is 0 Å². The van der Waals surface area contributed by atoms with Crippen LogP contribution in [0, 0.1) is 0 Å². The second-order valence-electron chi connectivity index (χ2n) is 8.65. The molecule has 174 valence electrons. The first-order valence-corrected chi connectivity index (χ1v) is 11.6. The van der Waals surface area contributed by atoms with Crippen LogP contribution in [0.2, 0.25) is 0 Å². The van der Waals surface area contributed by atoms with Crippen molar-refractivity contribution in [1.82, 2.24) is 9.88 Å². The summed E-state index contributed by atoms with van der Waals surface area (Å²) in [6.45, 7) is 8.24. The summed E-state index contributed by atoms with van der Waals surface area (Å²) in [5.74, 6) is 0.698. The molecule has 33 heavy (non-hydrogen) atoms. The van der Waals surface area contributed by atoms with E-state index in [1.807, 2.05) is 37.3 Å². The molecule has 0 radical (unpaired) electrons. The number of hydrogen-bond acceptors (Lipinski definition) is 5. The van der Waals surface area contributed by atoms with E-state index >= 15 is 0 Å². The molecule has 1 N–H and O–H groups in total. The van der Waals surface area contributed by atoms with Crippen LogP contribution in [0.4, 0.5) is 17.2 Å². The molecular weight excluding hydrogens is 418 g/mol. The molecule has 0 saturated carbocycles. The van der Waals surface area contributed by atoms with Crippen molar-refractivity contribution in [3.8, 4) is 0 Å². The molecule has 1 unspecified atom stereocenters. The number of hydrogen-bond donors (Lipinski definition) is 1. The summed E-state index contributed by atoms with van der Waals surface area (Å²) in [6.07, 6.45) is 3.43. The summed E-state index contributed by atoms with van der Waals surface area (Å²) in [7, 11) is 0. The number of aromatic nitrogens is 1. The smallest absolute Gasteiger partial charge is 0.257 e. The molecule has 2 aliphatic heterocycles. The highest BCUT2D eigenvalue weighted by Crippen LogP contribution is 2.44. The fraction of sp³-hybridized carbons (Fsp3) is 0.440. The van der Waals surface area contributed by atoms with Crippen molar-refractivity contribution >= 4 is 34.9 Å². The van der Waals surface area contributed by atoms with Crippen LogP contribution in [0.25, 0.3) is 0 Å². The number of carbonyl (C=O) groups is 3. The highest BCUT2D eigenvalue weighted by molar-refractivity contribution is 6.10. The van der Waals surface area contributed by atoms with Gasteiger partial charge in [0, 0.05) is 32.5 Å². The van der Waals surface area contributed by atoms with E-state index in [9.17, 15) is 14.4 Å². The van der Waals surface area contributed by atoms with Crippen LogP contribution < -0.4 is 15.1 Å². The molecule has 2 aliphatic rings. The van der Waals surface area contributed by atoms with E-state index in [-0.39, 0.29) is 24.1 Å². The summed E-state index contributed by atoms with van der Waals surface area (Å²) in [6, 6.07) is 11.0. The molecule has 8 heteroatoms. The Kier molecular flexibility index (Phi) is 6.35. The highest BCUT2D eigenvalue weighted by Gasteiger charge is 2.52. The number of anilines is 3. The zero-order valence-corrected chi connectivity index (χ0v) is 19.5. The molecule has 1 aromatic heterocycles. The summed E-state index contributed by atoms with van der Waals surface area (Å²) >= 11 is 0. The first-order valence-electron chi connectivity index (χ1n) is 11.6. The topological polar surface area (TPSA) is 85.9 Å². The van der Waals surface area contributed by atoms with Gasteiger partial charge in [-0.1, -0.05) is 12.1 Å². The minimum atomic E-state index is -0.691. The first-order chi connectivity index (χ1) is 15.9. The first kappa shape index (κ1) is 22.8. The number of nitrogens with one attached hydrogen (secondary N) is 1. The second kappa shape index (κ2) is 9.21. The molecule has 3 amide bonds. The number of amides is 3. The van der Waals surface area contributed by atoms with Gasteiger partial charge >= 0.3 is 0 Å². The van der Waals surface area contributed by atoms with Crippen LogP contribution in [-0.4, -0.2) is 52.9 Å². The van der Waals surface area contributed by atoms with Gasteiger partial charge in [-0.05, 0) is 57.9 Å². The second-order valence-corrected chi connectivity index (χ2v) is 8.65. The number of benzene rings is 1. The average Bonchev–Trinajstić information content (AvgIpc) is 3.13. The predicted octanol–water partition coefficient (Wildman–Crippen LogP) is 3.65. The van der Waals surface area contributed by atoms with Gasteiger partial charge in [-0.15, -0.1) is 0 Å². The largest absolute Gasteiger partial charge is 0.357 e. The third-order valence-corrected chi connectivity index (χ3v) is 6.65. The monoisotopic (exact) mass is 449 g/mol. The molecule has 2 aromatic rings. The quantitative estimate of drug-likeness (QED) is 0.665. The number of para-hydroxylation sites is 1. The van der Waals surface area contributed by atoms with Crippen molar-refractivity contribution in [2.45, 2.75) is 52.1 Å². The summed E-state index contributed by atoms with van der Waals surface area (Å²) < 4.78 is 0. The van der Waals surface area contributed by atoms with E-state index in [1.54, 1.807) is 22.1 Å². The lowest BCUT2D eigenvalue weighted by Gasteiger charge is -2.48. The fourth-order valence-corrected chi connectivity index (χ4v) is 4.86. The molecule has 8 nitrogen and oxygen atoms in total. The zero-order valence-electron chi connectivity index (χ0n) is 19.5. The Morgan fingerprint density at radius 2 is 1.91 bits per heavy atom. The Morgan fingerprint density at radius 3 is 2.61 bits per heavy atom. The lowest BCUT2D eigenvalue weighted by Crippen LogP contribution is -2.62. The van der Waals surface area contributed by atoms with E-state index < -0.39 is 5.66 Å². The fourth-order valence-electron chi connectivity index (χ4n) is 4.86. The lowest BCUT2D eigenvalue weighted by atomic mass is 9.98. The molecule has 0 spiro atoms. The van der Waals surface area contributed by atoms with Gasteiger partial charge in [0.2, 0.25) is 11.8 Å². The van der Waals surface area contributed by atoms with Crippen molar-refractivity contribution < 1.29 is 14.4 Å². The number of nitrogens with zero attached hydrogens (tertiary/aromatic N) is 4. The molecule has 1 fully saturated rings. The number of carbonyl (C=O) groups excluding carboxylic acids is 3. The van der Waals surface area contributed by atoms with Crippen LogP contribution in [0.15, 0.2) is 42.6 Å². The minimum Gasteiger partial charge on any atom is -0.357 e. The highest BCUT2D eigenvalue weighted by atomic mass is 16.2. The SMILES string of the molecule is CCN(CC)c1ccc(NC(=O)CCCN2C(=O)c3ccccc3N3C(=O)CCC23C)cn1.